The molecule has 0 spiro atoms. The lowest BCUT2D eigenvalue weighted by molar-refractivity contribution is -0.138. The number of fused-ring (bicyclic) bond motifs is 1. The molecule has 0 saturated heterocycles. The molecule has 1 amide bonds. The van der Waals surface area contributed by atoms with Crippen molar-refractivity contribution in [3.05, 3.63) is 70.8 Å². The van der Waals surface area contributed by atoms with E-state index in [4.69, 9.17) is 0 Å². The molecule has 2 aromatic rings. The van der Waals surface area contributed by atoms with Crippen molar-refractivity contribution in [2.75, 3.05) is 19.6 Å². The van der Waals surface area contributed by atoms with Gasteiger partial charge in [-0.25, -0.2) is 0 Å². The Bertz CT molecular complexity index is 865. The van der Waals surface area contributed by atoms with Crippen LogP contribution in [0.1, 0.15) is 34.6 Å². The van der Waals surface area contributed by atoms with E-state index in [1.807, 2.05) is 6.07 Å². The van der Waals surface area contributed by atoms with Gasteiger partial charge >= 0.3 is 6.18 Å². The average Bonchev–Trinajstić information content (AvgIpc) is 3.48. The number of rotatable bonds is 5. The molecule has 1 heterocycles. The fourth-order valence-electron chi connectivity index (χ4n) is 4.12. The Hall–Kier alpha value is -2.34. The van der Waals surface area contributed by atoms with E-state index in [-0.39, 0.29) is 23.3 Å². The van der Waals surface area contributed by atoms with Crippen LogP contribution < -0.4 is 5.32 Å². The lowest BCUT2D eigenvalue weighted by Gasteiger charge is -2.28. The summed E-state index contributed by atoms with van der Waals surface area (Å²) < 4.78 is 39.5. The highest BCUT2D eigenvalue weighted by molar-refractivity contribution is 5.83. The molecular formula is C22H23F3N2O. The van der Waals surface area contributed by atoms with Crippen LogP contribution in [0.15, 0.2) is 48.5 Å². The maximum absolute atomic E-state index is 13.2. The van der Waals surface area contributed by atoms with Crippen LogP contribution in [0.2, 0.25) is 0 Å². The summed E-state index contributed by atoms with van der Waals surface area (Å²) in [6.45, 7) is 3.09. The zero-order valence-electron chi connectivity index (χ0n) is 15.5. The highest BCUT2D eigenvalue weighted by atomic mass is 19.4. The minimum absolute atomic E-state index is 0.139. The standard InChI is InChI=1S/C22H23F3N2O/c23-22(24,25)20-8-4-3-7-17(20)18-13-19(18)21(28)26-10-12-27-11-9-15-5-1-2-6-16(15)14-27/h1-8,18-19H,9-14H2,(H,26,28). The highest BCUT2D eigenvalue weighted by Gasteiger charge is 2.47. The Morgan fingerprint density at radius 1 is 1.07 bits per heavy atom. The molecule has 0 radical (unpaired) electrons. The Labute approximate surface area is 162 Å². The van der Waals surface area contributed by atoms with Gasteiger partial charge in [0.1, 0.15) is 0 Å². The summed E-state index contributed by atoms with van der Waals surface area (Å²) in [7, 11) is 0. The van der Waals surface area contributed by atoms with Crippen molar-refractivity contribution < 1.29 is 18.0 Å². The second kappa shape index (κ2) is 7.59. The van der Waals surface area contributed by atoms with E-state index in [1.165, 1.54) is 23.3 Å². The molecule has 1 fully saturated rings. The average molecular weight is 388 g/mol. The molecule has 2 aromatic carbocycles. The molecule has 2 atom stereocenters. The Morgan fingerprint density at radius 3 is 2.57 bits per heavy atom. The Kier molecular flexibility index (Phi) is 5.15. The molecule has 4 rings (SSSR count). The second-order valence-corrected chi connectivity index (χ2v) is 7.62. The SMILES string of the molecule is O=C(NCCN1CCc2ccccc2C1)C1CC1c1ccccc1C(F)(F)F. The van der Waals surface area contributed by atoms with Gasteiger partial charge in [-0.15, -0.1) is 0 Å². The van der Waals surface area contributed by atoms with Gasteiger partial charge in [0.25, 0.3) is 0 Å². The van der Waals surface area contributed by atoms with Crippen LogP contribution >= 0.6 is 0 Å². The van der Waals surface area contributed by atoms with Gasteiger partial charge in [0.15, 0.2) is 0 Å². The third-order valence-corrected chi connectivity index (χ3v) is 5.73. The lowest BCUT2D eigenvalue weighted by atomic mass is 10.00. The second-order valence-electron chi connectivity index (χ2n) is 7.62. The van der Waals surface area contributed by atoms with Crippen molar-refractivity contribution in [1.82, 2.24) is 10.2 Å². The number of amides is 1. The third-order valence-electron chi connectivity index (χ3n) is 5.73. The van der Waals surface area contributed by atoms with E-state index in [0.29, 0.717) is 13.0 Å². The molecule has 0 bridgehead atoms. The van der Waals surface area contributed by atoms with E-state index < -0.39 is 11.7 Å². The first-order valence-corrected chi connectivity index (χ1v) is 9.66. The summed E-state index contributed by atoms with van der Waals surface area (Å²) in [5.41, 5.74) is 2.32. The molecule has 3 nitrogen and oxygen atoms in total. The van der Waals surface area contributed by atoms with Crippen LogP contribution in [0.25, 0.3) is 0 Å². The number of hydrogen-bond acceptors (Lipinski definition) is 2. The van der Waals surface area contributed by atoms with E-state index in [9.17, 15) is 18.0 Å². The molecule has 2 aliphatic rings. The van der Waals surface area contributed by atoms with E-state index in [0.717, 1.165) is 32.1 Å². The van der Waals surface area contributed by atoms with Crippen LogP contribution in [-0.2, 0) is 23.9 Å². The topological polar surface area (TPSA) is 32.3 Å². The molecule has 28 heavy (non-hydrogen) atoms. The number of nitrogens with one attached hydrogen (secondary N) is 1. The number of halogens is 3. The number of carbonyl (C=O) groups excluding carboxylic acids is 1. The maximum atomic E-state index is 13.2. The van der Waals surface area contributed by atoms with E-state index in [1.54, 1.807) is 6.07 Å². The molecule has 2 unspecified atom stereocenters. The quantitative estimate of drug-likeness (QED) is 0.840. The zero-order chi connectivity index (χ0) is 19.7. The highest BCUT2D eigenvalue weighted by Crippen LogP contribution is 2.51. The number of benzene rings is 2. The van der Waals surface area contributed by atoms with Crippen molar-refractivity contribution in [1.29, 1.82) is 0 Å². The van der Waals surface area contributed by atoms with E-state index >= 15 is 0 Å². The molecule has 0 aromatic heterocycles. The van der Waals surface area contributed by atoms with Crippen molar-refractivity contribution in [2.24, 2.45) is 5.92 Å². The van der Waals surface area contributed by atoms with Gasteiger partial charge in [-0.05, 0) is 41.5 Å². The van der Waals surface area contributed by atoms with Crippen molar-refractivity contribution in [3.8, 4) is 0 Å². The summed E-state index contributed by atoms with van der Waals surface area (Å²) in [6.07, 6.45) is -2.90. The minimum Gasteiger partial charge on any atom is -0.355 e. The first-order valence-electron chi connectivity index (χ1n) is 9.66. The predicted octanol–water partition coefficient (Wildman–Crippen LogP) is 3.98. The summed E-state index contributed by atoms with van der Waals surface area (Å²) in [5, 5.41) is 2.91. The van der Waals surface area contributed by atoms with E-state index in [2.05, 4.69) is 28.4 Å². The van der Waals surface area contributed by atoms with Gasteiger partial charge in [0, 0.05) is 32.1 Å². The fraction of sp³-hybridized carbons (Fsp3) is 0.409. The zero-order valence-corrected chi connectivity index (χ0v) is 15.5. The lowest BCUT2D eigenvalue weighted by Crippen LogP contribution is -2.38. The minimum atomic E-state index is -4.38. The first-order chi connectivity index (χ1) is 13.4. The summed E-state index contributed by atoms with van der Waals surface area (Å²) in [6, 6.07) is 14.0. The Balaban J connectivity index is 1.28. The van der Waals surface area contributed by atoms with Crippen molar-refractivity contribution in [2.45, 2.75) is 31.5 Å². The van der Waals surface area contributed by atoms with Crippen molar-refractivity contribution in [3.63, 3.8) is 0 Å². The van der Waals surface area contributed by atoms with Crippen LogP contribution in [0.5, 0.6) is 0 Å². The monoisotopic (exact) mass is 388 g/mol. The number of hydrogen-bond donors (Lipinski definition) is 1. The van der Waals surface area contributed by atoms with Gasteiger partial charge in [-0.3, -0.25) is 9.69 Å². The molecule has 1 N–H and O–H groups in total. The summed E-state index contributed by atoms with van der Waals surface area (Å²) in [4.78, 5) is 14.7. The number of carbonyl (C=O) groups is 1. The smallest absolute Gasteiger partial charge is 0.355 e. The predicted molar refractivity (Wildman–Crippen MR) is 101 cm³/mol. The normalized spacial score (nSPS) is 21.8. The molecular weight excluding hydrogens is 365 g/mol. The van der Waals surface area contributed by atoms with Crippen LogP contribution in [0, 0.1) is 5.92 Å². The van der Waals surface area contributed by atoms with Gasteiger partial charge in [-0.2, -0.15) is 13.2 Å². The van der Waals surface area contributed by atoms with Crippen LogP contribution in [-0.4, -0.2) is 30.4 Å². The maximum Gasteiger partial charge on any atom is 0.416 e. The number of nitrogens with zero attached hydrogens (tertiary/aromatic N) is 1. The largest absolute Gasteiger partial charge is 0.416 e. The van der Waals surface area contributed by atoms with Crippen LogP contribution in [0.4, 0.5) is 13.2 Å². The molecule has 1 saturated carbocycles. The van der Waals surface area contributed by atoms with Gasteiger partial charge in [0.2, 0.25) is 5.91 Å². The summed E-state index contributed by atoms with van der Waals surface area (Å²) >= 11 is 0. The van der Waals surface area contributed by atoms with Crippen molar-refractivity contribution >= 4 is 5.91 Å². The molecule has 6 heteroatoms. The fourth-order valence-corrected chi connectivity index (χ4v) is 4.12. The number of alkyl halides is 3. The first kappa shape index (κ1) is 19.0. The van der Waals surface area contributed by atoms with Gasteiger partial charge in [0.05, 0.1) is 5.56 Å². The molecule has 1 aliphatic heterocycles. The van der Waals surface area contributed by atoms with Gasteiger partial charge < -0.3 is 5.32 Å². The Morgan fingerprint density at radius 2 is 1.79 bits per heavy atom. The molecule has 1 aliphatic carbocycles. The molecule has 148 valence electrons. The van der Waals surface area contributed by atoms with Crippen LogP contribution in [0.3, 0.4) is 0 Å². The van der Waals surface area contributed by atoms with Gasteiger partial charge in [-0.1, -0.05) is 42.5 Å². The third kappa shape index (κ3) is 4.07. The summed E-state index contributed by atoms with van der Waals surface area (Å²) in [5.74, 6) is -0.829.